The van der Waals surface area contributed by atoms with Crippen LogP contribution >= 0.6 is 0 Å². The van der Waals surface area contributed by atoms with Gasteiger partial charge in [0.25, 0.3) is 5.91 Å². The van der Waals surface area contributed by atoms with E-state index in [4.69, 9.17) is 5.26 Å². The van der Waals surface area contributed by atoms with E-state index < -0.39 is 0 Å². The summed E-state index contributed by atoms with van der Waals surface area (Å²) in [6.45, 7) is 0. The molecule has 0 bridgehead atoms. The molecular formula is C18H13N3O. The van der Waals surface area contributed by atoms with E-state index in [1.165, 1.54) is 0 Å². The summed E-state index contributed by atoms with van der Waals surface area (Å²) in [6.07, 6.45) is 3.86. The third-order valence-corrected chi connectivity index (χ3v) is 3.28. The summed E-state index contributed by atoms with van der Waals surface area (Å²) in [7, 11) is 0. The Morgan fingerprint density at radius 1 is 1.00 bits per heavy atom. The molecule has 4 heteroatoms. The standard InChI is InChI=1S/C18H13N3O/c19-13-14-6-8-16(9-7-14)20-18(22)15-4-3-5-17(12-15)21-10-1-2-11-21/h1-12H,(H,20,22). The number of aromatic nitrogens is 1. The second-order valence-electron chi connectivity index (χ2n) is 4.78. The van der Waals surface area contributed by atoms with Crippen LogP contribution in [0.2, 0.25) is 0 Å². The lowest BCUT2D eigenvalue weighted by Crippen LogP contribution is -2.12. The average Bonchev–Trinajstić information content (AvgIpc) is 3.10. The minimum atomic E-state index is -0.182. The van der Waals surface area contributed by atoms with Crippen LogP contribution in [0, 0.1) is 11.3 Å². The van der Waals surface area contributed by atoms with Gasteiger partial charge >= 0.3 is 0 Å². The smallest absolute Gasteiger partial charge is 0.255 e. The SMILES string of the molecule is N#Cc1ccc(NC(=O)c2cccc(-n3cccc3)c2)cc1. The Labute approximate surface area is 128 Å². The van der Waals surface area contributed by atoms with Crippen LogP contribution in [0.5, 0.6) is 0 Å². The van der Waals surface area contributed by atoms with Gasteiger partial charge in [0, 0.05) is 29.3 Å². The van der Waals surface area contributed by atoms with Crippen LogP contribution in [-0.4, -0.2) is 10.5 Å². The molecule has 1 N–H and O–H groups in total. The minimum absolute atomic E-state index is 0.182. The molecular weight excluding hydrogens is 274 g/mol. The van der Waals surface area contributed by atoms with Gasteiger partial charge in [-0.3, -0.25) is 4.79 Å². The van der Waals surface area contributed by atoms with Crippen molar-refractivity contribution in [1.29, 1.82) is 5.26 Å². The Hall–Kier alpha value is -3.32. The first-order valence-corrected chi connectivity index (χ1v) is 6.81. The third kappa shape index (κ3) is 2.89. The summed E-state index contributed by atoms with van der Waals surface area (Å²) >= 11 is 0. The fourth-order valence-electron chi connectivity index (χ4n) is 2.15. The van der Waals surface area contributed by atoms with Crippen LogP contribution < -0.4 is 5.32 Å². The Balaban J connectivity index is 1.80. The zero-order valence-corrected chi connectivity index (χ0v) is 11.7. The van der Waals surface area contributed by atoms with Gasteiger partial charge in [-0.1, -0.05) is 6.07 Å². The lowest BCUT2D eigenvalue weighted by Gasteiger charge is -2.08. The molecule has 0 atom stereocenters. The first kappa shape index (κ1) is 13.7. The van der Waals surface area contributed by atoms with Crippen LogP contribution in [0.15, 0.2) is 73.1 Å². The molecule has 0 spiro atoms. The molecule has 1 amide bonds. The summed E-state index contributed by atoms with van der Waals surface area (Å²) in [4.78, 5) is 12.3. The van der Waals surface area contributed by atoms with Gasteiger partial charge in [0.1, 0.15) is 0 Å². The Morgan fingerprint density at radius 3 is 2.41 bits per heavy atom. The molecule has 0 aliphatic rings. The molecule has 4 nitrogen and oxygen atoms in total. The molecule has 1 heterocycles. The van der Waals surface area contributed by atoms with Crippen molar-refractivity contribution in [3.63, 3.8) is 0 Å². The van der Waals surface area contributed by atoms with E-state index >= 15 is 0 Å². The molecule has 106 valence electrons. The number of anilines is 1. The number of benzene rings is 2. The highest BCUT2D eigenvalue weighted by molar-refractivity contribution is 6.04. The van der Waals surface area contributed by atoms with Crippen molar-refractivity contribution in [2.45, 2.75) is 0 Å². The lowest BCUT2D eigenvalue weighted by atomic mass is 10.1. The van der Waals surface area contributed by atoms with Crippen LogP contribution in [0.25, 0.3) is 5.69 Å². The van der Waals surface area contributed by atoms with Crippen LogP contribution in [-0.2, 0) is 0 Å². The quantitative estimate of drug-likeness (QED) is 0.800. The zero-order valence-electron chi connectivity index (χ0n) is 11.7. The number of amides is 1. The van der Waals surface area contributed by atoms with E-state index in [9.17, 15) is 4.79 Å². The number of carbonyl (C=O) groups excluding carboxylic acids is 1. The number of nitriles is 1. The largest absolute Gasteiger partial charge is 0.324 e. The van der Waals surface area contributed by atoms with Gasteiger partial charge in [0.05, 0.1) is 11.6 Å². The molecule has 3 aromatic rings. The van der Waals surface area contributed by atoms with Crippen LogP contribution in [0.3, 0.4) is 0 Å². The summed E-state index contributed by atoms with van der Waals surface area (Å²) in [5.74, 6) is -0.182. The normalized spacial score (nSPS) is 9.95. The Kier molecular flexibility index (Phi) is 3.71. The van der Waals surface area contributed by atoms with Crippen LogP contribution in [0.1, 0.15) is 15.9 Å². The molecule has 3 rings (SSSR count). The summed E-state index contributed by atoms with van der Waals surface area (Å²) < 4.78 is 1.94. The fourth-order valence-corrected chi connectivity index (χ4v) is 2.15. The number of rotatable bonds is 3. The maximum absolute atomic E-state index is 12.3. The number of nitrogens with one attached hydrogen (secondary N) is 1. The van der Waals surface area contributed by atoms with Crippen molar-refractivity contribution in [3.05, 3.63) is 84.2 Å². The second kappa shape index (κ2) is 5.98. The molecule has 0 saturated heterocycles. The third-order valence-electron chi connectivity index (χ3n) is 3.28. The Morgan fingerprint density at radius 2 is 1.73 bits per heavy atom. The molecule has 22 heavy (non-hydrogen) atoms. The first-order chi connectivity index (χ1) is 10.8. The average molecular weight is 287 g/mol. The van der Waals surface area contributed by atoms with Gasteiger partial charge in [0.15, 0.2) is 0 Å². The van der Waals surface area contributed by atoms with Crippen LogP contribution in [0.4, 0.5) is 5.69 Å². The summed E-state index contributed by atoms with van der Waals surface area (Å²) in [5, 5.41) is 11.6. The number of carbonyl (C=O) groups is 1. The van der Waals surface area contributed by atoms with E-state index in [1.807, 2.05) is 53.4 Å². The maximum Gasteiger partial charge on any atom is 0.255 e. The molecule has 0 saturated carbocycles. The number of hydrogen-bond acceptors (Lipinski definition) is 2. The molecule has 0 radical (unpaired) electrons. The fraction of sp³-hybridized carbons (Fsp3) is 0. The molecule has 0 fully saturated rings. The van der Waals surface area contributed by atoms with Gasteiger partial charge in [-0.2, -0.15) is 5.26 Å². The maximum atomic E-state index is 12.3. The van der Waals surface area contributed by atoms with Gasteiger partial charge in [-0.15, -0.1) is 0 Å². The Bertz CT molecular complexity index is 828. The minimum Gasteiger partial charge on any atom is -0.324 e. The highest BCUT2D eigenvalue weighted by Crippen LogP contribution is 2.14. The highest BCUT2D eigenvalue weighted by Gasteiger charge is 2.07. The molecule has 1 aromatic heterocycles. The van der Waals surface area contributed by atoms with E-state index in [1.54, 1.807) is 30.3 Å². The molecule has 2 aromatic carbocycles. The zero-order chi connectivity index (χ0) is 15.4. The first-order valence-electron chi connectivity index (χ1n) is 6.81. The number of nitrogens with zero attached hydrogens (tertiary/aromatic N) is 2. The predicted octanol–water partition coefficient (Wildman–Crippen LogP) is 3.60. The topological polar surface area (TPSA) is 57.8 Å². The summed E-state index contributed by atoms with van der Waals surface area (Å²) in [6, 6.07) is 20.1. The van der Waals surface area contributed by atoms with E-state index in [-0.39, 0.29) is 5.91 Å². The van der Waals surface area contributed by atoms with Crippen molar-refractivity contribution in [2.75, 3.05) is 5.32 Å². The van der Waals surface area contributed by atoms with Crippen molar-refractivity contribution in [3.8, 4) is 11.8 Å². The van der Waals surface area contributed by atoms with E-state index in [0.717, 1.165) is 5.69 Å². The second-order valence-corrected chi connectivity index (χ2v) is 4.78. The van der Waals surface area contributed by atoms with Crippen molar-refractivity contribution >= 4 is 11.6 Å². The van der Waals surface area contributed by atoms with Gasteiger partial charge in [0.2, 0.25) is 0 Å². The van der Waals surface area contributed by atoms with E-state index in [0.29, 0.717) is 16.8 Å². The monoisotopic (exact) mass is 287 g/mol. The molecule has 0 aliphatic carbocycles. The van der Waals surface area contributed by atoms with Gasteiger partial charge < -0.3 is 9.88 Å². The summed E-state index contributed by atoms with van der Waals surface area (Å²) in [5.41, 5.74) is 2.73. The van der Waals surface area contributed by atoms with Crippen molar-refractivity contribution in [1.82, 2.24) is 4.57 Å². The van der Waals surface area contributed by atoms with Crippen molar-refractivity contribution < 1.29 is 4.79 Å². The highest BCUT2D eigenvalue weighted by atomic mass is 16.1. The molecule has 0 aliphatic heterocycles. The predicted molar refractivity (Wildman–Crippen MR) is 84.9 cm³/mol. The van der Waals surface area contributed by atoms with Crippen molar-refractivity contribution in [2.24, 2.45) is 0 Å². The van der Waals surface area contributed by atoms with Gasteiger partial charge in [-0.25, -0.2) is 0 Å². The van der Waals surface area contributed by atoms with Gasteiger partial charge in [-0.05, 0) is 54.6 Å². The molecule has 0 unspecified atom stereocenters. The van der Waals surface area contributed by atoms with E-state index in [2.05, 4.69) is 5.32 Å². The number of hydrogen-bond donors (Lipinski definition) is 1. The lowest BCUT2D eigenvalue weighted by molar-refractivity contribution is 0.102.